The lowest BCUT2D eigenvalue weighted by Crippen LogP contribution is -2.30. The van der Waals surface area contributed by atoms with Gasteiger partial charge in [0.1, 0.15) is 16.8 Å². The highest BCUT2D eigenvalue weighted by molar-refractivity contribution is 9.10. The third-order valence-electron chi connectivity index (χ3n) is 1.54. The van der Waals surface area contributed by atoms with Crippen molar-refractivity contribution >= 4 is 15.9 Å². The van der Waals surface area contributed by atoms with Crippen LogP contribution in [0.5, 0.6) is 0 Å². The molecule has 0 aliphatic rings. The van der Waals surface area contributed by atoms with Crippen molar-refractivity contribution in [2.75, 3.05) is 0 Å². The van der Waals surface area contributed by atoms with Crippen LogP contribution in [-0.2, 0) is 6.54 Å². The molecule has 0 amide bonds. The smallest absolute Gasteiger partial charge is 0.287 e. The molecule has 0 saturated carbocycles. The average molecular weight is 271 g/mol. The molecule has 14 heavy (non-hydrogen) atoms. The summed E-state index contributed by atoms with van der Waals surface area (Å²) >= 11 is 2.82. The van der Waals surface area contributed by atoms with Crippen molar-refractivity contribution < 1.29 is 13.2 Å². The van der Waals surface area contributed by atoms with Crippen LogP contribution in [0.2, 0.25) is 0 Å². The first-order valence-corrected chi connectivity index (χ1v) is 4.39. The lowest BCUT2D eigenvalue weighted by molar-refractivity contribution is -0.141. The van der Waals surface area contributed by atoms with Crippen LogP contribution in [0.3, 0.4) is 0 Å². The number of aromatic nitrogens is 2. The largest absolute Gasteiger partial charge is 0.406 e. The highest BCUT2D eigenvalue weighted by atomic mass is 79.9. The zero-order valence-electron chi connectivity index (χ0n) is 7.10. The van der Waals surface area contributed by atoms with E-state index in [1.54, 1.807) is 0 Å². The van der Waals surface area contributed by atoms with Gasteiger partial charge >= 0.3 is 6.18 Å². The van der Waals surface area contributed by atoms with Crippen LogP contribution in [0.4, 0.5) is 13.2 Å². The van der Waals surface area contributed by atoms with Gasteiger partial charge in [-0.3, -0.25) is 9.36 Å². The second-order valence-corrected chi connectivity index (χ2v) is 3.51. The van der Waals surface area contributed by atoms with Crippen LogP contribution in [0.1, 0.15) is 5.82 Å². The lowest BCUT2D eigenvalue weighted by Gasteiger charge is -2.11. The number of aryl methyl sites for hydroxylation is 1. The second-order valence-electron chi connectivity index (χ2n) is 2.66. The Bertz CT molecular complexity index is 399. The van der Waals surface area contributed by atoms with E-state index in [1.165, 1.54) is 13.1 Å². The third kappa shape index (κ3) is 2.57. The standard InChI is InChI=1S/C7H6BrF3N2O/c1-4-12-2-5(8)6(14)13(4)3-7(9,10)11/h2H,3H2,1H3. The quantitative estimate of drug-likeness (QED) is 0.781. The molecule has 0 N–H and O–H groups in total. The van der Waals surface area contributed by atoms with Crippen molar-refractivity contribution in [2.45, 2.75) is 19.6 Å². The predicted molar refractivity (Wildman–Crippen MR) is 47.0 cm³/mol. The van der Waals surface area contributed by atoms with Crippen LogP contribution in [0.15, 0.2) is 15.5 Å². The summed E-state index contributed by atoms with van der Waals surface area (Å²) in [6.45, 7) is 0.0314. The van der Waals surface area contributed by atoms with E-state index < -0.39 is 18.3 Å². The maximum Gasteiger partial charge on any atom is 0.406 e. The number of halogens is 4. The van der Waals surface area contributed by atoms with Gasteiger partial charge in [-0.2, -0.15) is 13.2 Å². The number of hydrogen-bond acceptors (Lipinski definition) is 2. The Labute approximate surface area is 85.7 Å². The summed E-state index contributed by atoms with van der Waals surface area (Å²) in [4.78, 5) is 14.9. The zero-order valence-corrected chi connectivity index (χ0v) is 8.68. The molecule has 0 unspecified atom stereocenters. The van der Waals surface area contributed by atoms with Crippen molar-refractivity contribution in [1.29, 1.82) is 0 Å². The predicted octanol–water partition coefficient (Wildman–Crippen LogP) is 1.88. The van der Waals surface area contributed by atoms with Crippen LogP contribution >= 0.6 is 15.9 Å². The zero-order chi connectivity index (χ0) is 10.9. The van der Waals surface area contributed by atoms with Crippen molar-refractivity contribution in [1.82, 2.24) is 9.55 Å². The molecule has 1 heterocycles. The number of nitrogens with zero attached hydrogens (tertiary/aromatic N) is 2. The summed E-state index contributed by atoms with van der Waals surface area (Å²) in [5.41, 5.74) is -0.727. The molecule has 1 aromatic rings. The molecule has 0 atom stereocenters. The average Bonchev–Trinajstić information content (AvgIpc) is 2.04. The fourth-order valence-corrected chi connectivity index (χ4v) is 1.23. The van der Waals surface area contributed by atoms with Crippen LogP contribution < -0.4 is 5.56 Å². The normalized spacial score (nSPS) is 11.8. The summed E-state index contributed by atoms with van der Waals surface area (Å²) in [6.07, 6.45) is -3.23. The summed E-state index contributed by atoms with van der Waals surface area (Å²) in [5.74, 6) is 0.0375. The van der Waals surface area contributed by atoms with E-state index in [-0.39, 0.29) is 10.3 Å². The molecule has 0 aliphatic carbocycles. The molecule has 3 nitrogen and oxygen atoms in total. The van der Waals surface area contributed by atoms with Crippen molar-refractivity contribution in [2.24, 2.45) is 0 Å². The molecular formula is C7H6BrF3N2O. The van der Waals surface area contributed by atoms with Crippen molar-refractivity contribution in [3.63, 3.8) is 0 Å². The van der Waals surface area contributed by atoms with Gasteiger partial charge in [-0.1, -0.05) is 0 Å². The Morgan fingerprint density at radius 3 is 2.64 bits per heavy atom. The van der Waals surface area contributed by atoms with Gasteiger partial charge in [0.25, 0.3) is 5.56 Å². The molecule has 0 fully saturated rings. The van der Waals surface area contributed by atoms with E-state index >= 15 is 0 Å². The Kier molecular flexibility index (Phi) is 2.98. The first-order chi connectivity index (χ1) is 6.31. The number of alkyl halides is 3. The fourth-order valence-electron chi connectivity index (χ4n) is 0.916. The minimum Gasteiger partial charge on any atom is -0.287 e. The summed E-state index contributed by atoms with van der Waals surface area (Å²) in [7, 11) is 0. The van der Waals surface area contributed by atoms with Gasteiger partial charge in [-0.05, 0) is 22.9 Å². The van der Waals surface area contributed by atoms with E-state index in [0.29, 0.717) is 4.57 Å². The Morgan fingerprint density at radius 1 is 1.57 bits per heavy atom. The van der Waals surface area contributed by atoms with Crippen LogP contribution in [0.25, 0.3) is 0 Å². The topological polar surface area (TPSA) is 34.9 Å². The molecule has 0 aliphatic heterocycles. The molecule has 0 spiro atoms. The monoisotopic (exact) mass is 270 g/mol. The van der Waals surface area contributed by atoms with Gasteiger partial charge in [0.2, 0.25) is 0 Å². The van der Waals surface area contributed by atoms with Crippen molar-refractivity contribution in [3.8, 4) is 0 Å². The van der Waals surface area contributed by atoms with Crippen LogP contribution in [0, 0.1) is 6.92 Å². The van der Waals surface area contributed by atoms with Gasteiger partial charge in [-0.25, -0.2) is 4.98 Å². The van der Waals surface area contributed by atoms with E-state index in [0.717, 1.165) is 0 Å². The molecule has 0 radical (unpaired) electrons. The number of rotatable bonds is 1. The fraction of sp³-hybridized carbons (Fsp3) is 0.429. The summed E-state index contributed by atoms with van der Waals surface area (Å²) in [5, 5.41) is 0. The minimum absolute atomic E-state index is 0.0207. The lowest BCUT2D eigenvalue weighted by atomic mass is 10.5. The van der Waals surface area contributed by atoms with Crippen LogP contribution in [-0.4, -0.2) is 15.7 Å². The van der Waals surface area contributed by atoms with Gasteiger partial charge < -0.3 is 0 Å². The molecule has 78 valence electrons. The SMILES string of the molecule is Cc1ncc(Br)c(=O)n1CC(F)(F)F. The first-order valence-electron chi connectivity index (χ1n) is 3.60. The molecule has 0 bridgehead atoms. The number of hydrogen-bond donors (Lipinski definition) is 0. The Morgan fingerprint density at radius 2 is 2.14 bits per heavy atom. The van der Waals surface area contributed by atoms with E-state index in [9.17, 15) is 18.0 Å². The van der Waals surface area contributed by atoms with Crippen molar-refractivity contribution in [3.05, 3.63) is 26.8 Å². The third-order valence-corrected chi connectivity index (χ3v) is 2.09. The maximum absolute atomic E-state index is 12.0. The maximum atomic E-state index is 12.0. The molecular weight excluding hydrogens is 265 g/mol. The molecule has 1 aromatic heterocycles. The molecule has 7 heteroatoms. The summed E-state index contributed by atoms with van der Waals surface area (Å²) < 4.78 is 36.7. The molecule has 0 aromatic carbocycles. The summed E-state index contributed by atoms with van der Waals surface area (Å²) in [6, 6.07) is 0. The van der Waals surface area contributed by atoms with Gasteiger partial charge in [0, 0.05) is 6.20 Å². The van der Waals surface area contributed by atoms with E-state index in [2.05, 4.69) is 20.9 Å². The first kappa shape index (κ1) is 11.2. The van der Waals surface area contributed by atoms with Gasteiger partial charge in [0.05, 0.1) is 0 Å². The second kappa shape index (κ2) is 3.72. The van der Waals surface area contributed by atoms with E-state index in [1.807, 2.05) is 0 Å². The highest BCUT2D eigenvalue weighted by Gasteiger charge is 2.29. The Balaban J connectivity index is 3.21. The molecule has 0 saturated heterocycles. The molecule has 1 rings (SSSR count). The highest BCUT2D eigenvalue weighted by Crippen LogP contribution is 2.17. The minimum atomic E-state index is -4.42. The van der Waals surface area contributed by atoms with E-state index in [4.69, 9.17) is 0 Å². The van der Waals surface area contributed by atoms with Gasteiger partial charge in [0.15, 0.2) is 0 Å². The Hall–Kier alpha value is -0.850. The van der Waals surface area contributed by atoms with Gasteiger partial charge in [-0.15, -0.1) is 0 Å².